The highest BCUT2D eigenvalue weighted by molar-refractivity contribution is 7.09. The molecule has 0 amide bonds. The van der Waals surface area contributed by atoms with Gasteiger partial charge in [0.15, 0.2) is 0 Å². The fraction of sp³-hybridized carbons (Fsp3) is 0.150. The molecule has 0 bridgehead atoms. The number of phenolic OH excluding ortho intramolecular Hbond substituents is 1. The van der Waals surface area contributed by atoms with Crippen LogP contribution in [0.1, 0.15) is 4.88 Å². The number of benzene rings is 2. The number of aromatic nitrogens is 2. The summed E-state index contributed by atoms with van der Waals surface area (Å²) in [6, 6.07) is 17.4. The van der Waals surface area contributed by atoms with Crippen molar-refractivity contribution in [3.8, 4) is 22.9 Å². The van der Waals surface area contributed by atoms with E-state index in [-0.39, 0.29) is 5.75 Å². The van der Waals surface area contributed by atoms with Crippen molar-refractivity contribution in [1.29, 1.82) is 0 Å². The number of ether oxygens (including phenoxy) is 1. The topological polar surface area (TPSA) is 47.3 Å². The Morgan fingerprint density at radius 3 is 2.68 bits per heavy atom. The largest absolute Gasteiger partial charge is 0.508 e. The molecule has 126 valence electrons. The number of phenols is 1. The van der Waals surface area contributed by atoms with Gasteiger partial charge in [-0.1, -0.05) is 6.07 Å². The van der Waals surface area contributed by atoms with Gasteiger partial charge in [0.25, 0.3) is 0 Å². The van der Waals surface area contributed by atoms with E-state index in [2.05, 4.69) is 22.1 Å². The van der Waals surface area contributed by atoms with Crippen LogP contribution in [0, 0.1) is 0 Å². The number of hydrogen-bond donors (Lipinski definition) is 1. The fourth-order valence-corrected chi connectivity index (χ4v) is 3.67. The van der Waals surface area contributed by atoms with Gasteiger partial charge in [-0.2, -0.15) is 0 Å². The highest BCUT2D eigenvalue weighted by atomic mass is 32.1. The molecule has 0 saturated carbocycles. The smallest absolute Gasteiger partial charge is 0.141 e. The van der Waals surface area contributed by atoms with Crippen LogP contribution < -0.4 is 4.74 Å². The third-order valence-electron chi connectivity index (χ3n) is 4.24. The minimum Gasteiger partial charge on any atom is -0.508 e. The molecular weight excluding hydrogens is 332 g/mol. The van der Waals surface area contributed by atoms with E-state index < -0.39 is 0 Å². The maximum atomic E-state index is 9.90. The lowest BCUT2D eigenvalue weighted by molar-refractivity contribution is 0.415. The summed E-state index contributed by atoms with van der Waals surface area (Å²) in [6.07, 6.45) is 0.932. The van der Waals surface area contributed by atoms with Gasteiger partial charge in [-0.25, -0.2) is 4.98 Å². The van der Waals surface area contributed by atoms with Crippen LogP contribution in [0.15, 0.2) is 60.0 Å². The molecule has 25 heavy (non-hydrogen) atoms. The zero-order chi connectivity index (χ0) is 17.2. The van der Waals surface area contributed by atoms with Crippen molar-refractivity contribution < 1.29 is 9.84 Å². The van der Waals surface area contributed by atoms with Crippen molar-refractivity contribution in [2.75, 3.05) is 7.11 Å². The molecule has 0 fully saturated rings. The van der Waals surface area contributed by atoms with Gasteiger partial charge in [0.2, 0.25) is 0 Å². The normalized spacial score (nSPS) is 11.1. The van der Waals surface area contributed by atoms with E-state index in [0.717, 1.165) is 41.1 Å². The van der Waals surface area contributed by atoms with E-state index in [1.165, 1.54) is 4.88 Å². The molecule has 0 aliphatic carbocycles. The fourth-order valence-electron chi connectivity index (χ4n) is 2.97. The molecule has 0 unspecified atom stereocenters. The number of fused-ring (bicyclic) bond motifs is 1. The van der Waals surface area contributed by atoms with Crippen LogP contribution in [-0.2, 0) is 13.0 Å². The lowest BCUT2D eigenvalue weighted by Crippen LogP contribution is -2.03. The lowest BCUT2D eigenvalue weighted by atomic mass is 10.2. The molecule has 0 saturated heterocycles. The quantitative estimate of drug-likeness (QED) is 0.566. The minimum absolute atomic E-state index is 0.256. The number of hydrogen-bond acceptors (Lipinski definition) is 4. The second-order valence-corrected chi connectivity index (χ2v) is 6.85. The third-order valence-corrected chi connectivity index (χ3v) is 5.18. The van der Waals surface area contributed by atoms with Crippen LogP contribution in [0.5, 0.6) is 11.5 Å². The number of aryl methyl sites for hydroxylation is 2. The van der Waals surface area contributed by atoms with Gasteiger partial charge < -0.3 is 14.4 Å². The maximum Gasteiger partial charge on any atom is 0.141 e. The summed E-state index contributed by atoms with van der Waals surface area (Å²) >= 11 is 1.76. The first kappa shape index (κ1) is 15.7. The van der Waals surface area contributed by atoms with E-state index in [0.29, 0.717) is 0 Å². The first-order valence-electron chi connectivity index (χ1n) is 8.10. The Morgan fingerprint density at radius 2 is 1.96 bits per heavy atom. The number of imidazole rings is 1. The Balaban J connectivity index is 1.79. The van der Waals surface area contributed by atoms with Crippen molar-refractivity contribution in [2.45, 2.75) is 13.0 Å². The maximum absolute atomic E-state index is 9.90. The monoisotopic (exact) mass is 350 g/mol. The molecule has 0 spiro atoms. The Bertz CT molecular complexity index is 989. The van der Waals surface area contributed by atoms with Crippen molar-refractivity contribution in [3.05, 3.63) is 64.9 Å². The van der Waals surface area contributed by atoms with Gasteiger partial charge >= 0.3 is 0 Å². The molecule has 4 nitrogen and oxygen atoms in total. The zero-order valence-electron chi connectivity index (χ0n) is 13.8. The summed E-state index contributed by atoms with van der Waals surface area (Å²) in [5.74, 6) is 1.98. The standard InChI is InChI=1S/C20H18N2O2S/c1-24-16-7-4-14(5-8-16)20-21-18-9-6-15(23)13-19(18)22(20)11-10-17-3-2-12-25-17/h2-9,12-13,23H,10-11H2,1H3. The Morgan fingerprint density at radius 1 is 1.12 bits per heavy atom. The van der Waals surface area contributed by atoms with Crippen molar-refractivity contribution >= 4 is 22.4 Å². The molecule has 0 aliphatic heterocycles. The molecule has 5 heteroatoms. The van der Waals surface area contributed by atoms with Gasteiger partial charge in [-0.05, 0) is 54.3 Å². The third kappa shape index (κ3) is 3.10. The SMILES string of the molecule is COc1ccc(-c2nc3ccc(O)cc3n2CCc2cccs2)cc1. The summed E-state index contributed by atoms with van der Waals surface area (Å²) in [5.41, 5.74) is 2.86. The average molecular weight is 350 g/mol. The molecule has 2 aromatic heterocycles. The summed E-state index contributed by atoms with van der Waals surface area (Å²) in [4.78, 5) is 6.13. The average Bonchev–Trinajstić information content (AvgIpc) is 3.27. The number of thiophene rings is 1. The highest BCUT2D eigenvalue weighted by Crippen LogP contribution is 2.29. The van der Waals surface area contributed by atoms with Crippen LogP contribution in [0.2, 0.25) is 0 Å². The summed E-state index contributed by atoms with van der Waals surface area (Å²) < 4.78 is 7.42. The van der Waals surface area contributed by atoms with Gasteiger partial charge in [-0.3, -0.25) is 0 Å². The predicted octanol–water partition coefficient (Wildman–Crippen LogP) is 4.72. The van der Waals surface area contributed by atoms with Crippen LogP contribution >= 0.6 is 11.3 Å². The summed E-state index contributed by atoms with van der Waals surface area (Å²) in [7, 11) is 1.66. The molecule has 2 heterocycles. The van der Waals surface area contributed by atoms with E-state index in [1.807, 2.05) is 30.3 Å². The van der Waals surface area contributed by atoms with Crippen molar-refractivity contribution in [1.82, 2.24) is 9.55 Å². The van der Waals surface area contributed by atoms with Crippen molar-refractivity contribution in [3.63, 3.8) is 0 Å². The first-order valence-corrected chi connectivity index (χ1v) is 8.98. The van der Waals surface area contributed by atoms with Gasteiger partial charge in [-0.15, -0.1) is 11.3 Å². The Labute approximate surface area is 150 Å². The predicted molar refractivity (Wildman–Crippen MR) is 101 cm³/mol. The van der Waals surface area contributed by atoms with E-state index in [9.17, 15) is 5.11 Å². The molecule has 1 N–H and O–H groups in total. The Hall–Kier alpha value is -2.79. The molecule has 0 radical (unpaired) electrons. The Kier molecular flexibility index (Phi) is 4.15. The molecule has 0 atom stereocenters. The summed E-state index contributed by atoms with van der Waals surface area (Å²) in [6.45, 7) is 0.807. The van der Waals surface area contributed by atoms with Crippen LogP contribution in [-0.4, -0.2) is 21.8 Å². The second kappa shape index (κ2) is 6.61. The van der Waals surface area contributed by atoms with E-state index >= 15 is 0 Å². The number of methoxy groups -OCH3 is 1. The van der Waals surface area contributed by atoms with Gasteiger partial charge in [0.1, 0.15) is 17.3 Å². The highest BCUT2D eigenvalue weighted by Gasteiger charge is 2.13. The number of rotatable bonds is 5. The molecule has 4 aromatic rings. The van der Waals surface area contributed by atoms with Gasteiger partial charge in [0.05, 0.1) is 18.1 Å². The number of nitrogens with zero attached hydrogens (tertiary/aromatic N) is 2. The summed E-state index contributed by atoms with van der Waals surface area (Å²) in [5, 5.41) is 12.0. The minimum atomic E-state index is 0.256. The van der Waals surface area contributed by atoms with Crippen LogP contribution in [0.3, 0.4) is 0 Å². The molecule has 0 aliphatic rings. The van der Waals surface area contributed by atoms with E-state index in [4.69, 9.17) is 9.72 Å². The molecular formula is C20H18N2O2S. The van der Waals surface area contributed by atoms with E-state index in [1.54, 1.807) is 30.6 Å². The van der Waals surface area contributed by atoms with Crippen molar-refractivity contribution in [2.24, 2.45) is 0 Å². The van der Waals surface area contributed by atoms with Gasteiger partial charge in [0, 0.05) is 23.1 Å². The van der Waals surface area contributed by atoms with Crippen LogP contribution in [0.4, 0.5) is 0 Å². The second-order valence-electron chi connectivity index (χ2n) is 5.82. The van der Waals surface area contributed by atoms with Crippen LogP contribution in [0.25, 0.3) is 22.4 Å². The zero-order valence-corrected chi connectivity index (χ0v) is 14.7. The lowest BCUT2D eigenvalue weighted by Gasteiger charge is -2.09. The number of aromatic hydroxyl groups is 1. The first-order chi connectivity index (χ1) is 12.2. The molecule has 4 rings (SSSR count). The molecule has 2 aromatic carbocycles.